The molecule has 0 aromatic heterocycles. The van der Waals surface area contributed by atoms with Crippen LogP contribution in [0.3, 0.4) is 0 Å². The molecule has 16 N–H and O–H groups in total. The van der Waals surface area contributed by atoms with E-state index in [0.29, 0.717) is 0 Å². The Bertz CT molecular complexity index is 326. The predicted molar refractivity (Wildman–Crippen MR) is 86.2 cm³/mol. The maximum Gasteiger partial charge on any atom is 3.00 e. The molecule has 0 spiro atoms. The number of rotatable bonds is 0. The van der Waals surface area contributed by atoms with E-state index in [0.717, 1.165) is 0 Å². The van der Waals surface area contributed by atoms with E-state index in [1.165, 1.54) is 0 Å². The number of carbonyl (C=O) groups is 4. The second-order valence-electron chi connectivity index (χ2n) is 2.28. The molecule has 0 radical (unpaired) electrons. The minimum atomic E-state index is -1.75. The second-order valence-corrected chi connectivity index (χ2v) is 2.28. The van der Waals surface area contributed by atoms with Crippen LogP contribution in [0.15, 0.2) is 0 Å². The van der Waals surface area contributed by atoms with Gasteiger partial charge in [-0.2, -0.15) is 0 Å². The molecule has 0 saturated carbocycles. The molecule has 0 rings (SSSR count). The van der Waals surface area contributed by atoms with Crippen LogP contribution < -0.4 is 45.9 Å². The van der Waals surface area contributed by atoms with Gasteiger partial charge in [0.15, 0.2) is 0 Å². The van der Waals surface area contributed by atoms with Crippen molar-refractivity contribution in [1.82, 2.24) is 0 Å². The van der Waals surface area contributed by atoms with E-state index in [9.17, 15) is 0 Å². The van der Waals surface area contributed by atoms with E-state index >= 15 is 0 Å². The molecule has 0 atom stereocenters. The molecule has 24 nitrogen and oxygen atoms in total. The van der Waals surface area contributed by atoms with Gasteiger partial charge in [-0.15, -0.1) is 0 Å². The minimum Gasteiger partial charge on any atom is -0.356 e. The van der Waals surface area contributed by atoms with E-state index in [1.807, 2.05) is 0 Å². The monoisotopic (exact) mass is 515 g/mol. The second kappa shape index (κ2) is 43.8. The molecule has 25 heteroatoms. The van der Waals surface area contributed by atoms with Crippen LogP contribution in [-0.4, -0.2) is 39.4 Å². The van der Waals surface area contributed by atoms with E-state index in [2.05, 4.69) is 45.9 Å². The maximum atomic E-state index is 9.00. The van der Waals surface area contributed by atoms with Gasteiger partial charge in [-0.1, -0.05) is 0 Å². The van der Waals surface area contributed by atoms with Crippen molar-refractivity contribution in [1.29, 1.82) is 0 Å². The largest absolute Gasteiger partial charge is 3.00 e. The van der Waals surface area contributed by atoms with Crippen LogP contribution in [0.1, 0.15) is 0 Å². The molecule has 0 aromatic carbocycles. The van der Waals surface area contributed by atoms with Crippen LogP contribution in [0.4, 0.5) is 19.2 Å². The molecule has 168 valence electrons. The molecule has 0 saturated heterocycles. The van der Waals surface area contributed by atoms with Gasteiger partial charge in [-0.25, -0.2) is 19.2 Å². The summed E-state index contributed by atoms with van der Waals surface area (Å²) < 4.78 is 0. The minimum absolute atomic E-state index is 0. The zero-order valence-electron chi connectivity index (χ0n) is 13.8. The summed E-state index contributed by atoms with van der Waals surface area (Å²) in [7, 11) is 0. The Kier molecular flexibility index (Phi) is 75.2. The number of hydrogen-bond acceptors (Lipinski definition) is 13. The number of carbonyl (C=O) groups excluding carboxylic acids is 4. The van der Waals surface area contributed by atoms with E-state index < -0.39 is 39.4 Å². The third-order valence-corrected chi connectivity index (χ3v) is 0. The Balaban J connectivity index is -0.0000000294. The van der Waals surface area contributed by atoms with Gasteiger partial charge >= 0.3 is 56.8 Å². The van der Waals surface area contributed by atoms with Gasteiger partial charge in [0.1, 0.15) is 0 Å². The van der Waals surface area contributed by atoms with Crippen molar-refractivity contribution in [2.75, 3.05) is 0 Å². The zero-order valence-corrected chi connectivity index (χ0v) is 16.7. The molecule has 0 heterocycles. The molecule has 0 unspecified atom stereocenters. The zero-order chi connectivity index (χ0) is 25.0. The van der Waals surface area contributed by atoms with Gasteiger partial charge in [0.2, 0.25) is 0 Å². The van der Waals surface area contributed by atoms with Crippen molar-refractivity contribution < 1.29 is 67.1 Å². The molecule has 0 aliphatic rings. The molecule has 29 heavy (non-hydrogen) atoms. The molecular formula is C4H16N11O13Y. The predicted octanol–water partition coefficient (Wildman–Crippen LogP) is -4.62. The molecule has 8 amide bonds. The summed E-state index contributed by atoms with van der Waals surface area (Å²) in [6.45, 7) is 0. The van der Waals surface area contributed by atoms with Gasteiger partial charge in [-0.3, -0.25) is 0 Å². The fourth-order valence-electron chi connectivity index (χ4n) is 0. The summed E-state index contributed by atoms with van der Waals surface area (Å²) >= 11 is 0. The van der Waals surface area contributed by atoms with Crippen LogP contribution in [-0.2, 0) is 32.7 Å². The summed E-state index contributed by atoms with van der Waals surface area (Å²) in [5.41, 5.74) is 34.0. The van der Waals surface area contributed by atoms with Crippen molar-refractivity contribution in [2.45, 2.75) is 0 Å². The summed E-state index contributed by atoms with van der Waals surface area (Å²) in [5, 5.41) is 44.2. The number of hydrogen-bond donors (Lipinski definition) is 8. The Morgan fingerprint density at radius 3 is 0.414 bits per heavy atom. The van der Waals surface area contributed by atoms with Gasteiger partial charge in [0, 0.05) is 0 Å². The fraction of sp³-hybridized carbons (Fsp3) is 0. The average molecular weight is 515 g/mol. The summed E-state index contributed by atoms with van der Waals surface area (Å²) in [4.78, 5) is 60.8. The Morgan fingerprint density at radius 2 is 0.414 bits per heavy atom. The topological polar surface area (TPSA) is 475 Å². The van der Waals surface area contributed by atoms with Crippen molar-refractivity contribution in [2.24, 2.45) is 45.9 Å². The molecule has 0 aliphatic carbocycles. The molecule has 0 bridgehead atoms. The van der Waals surface area contributed by atoms with Crippen molar-refractivity contribution in [3.05, 3.63) is 46.0 Å². The van der Waals surface area contributed by atoms with Crippen LogP contribution in [0.2, 0.25) is 0 Å². The van der Waals surface area contributed by atoms with E-state index in [1.54, 1.807) is 0 Å². The number of amides is 8. The average Bonchev–Trinajstić information content (AvgIpc) is 2.20. The standard InChI is InChI=1S/4CH4N2O.3NO3.Y/c7*2-1(3)4;/h4*(H4,2,3,4);;;;/q;;;;3*-1;+3. The van der Waals surface area contributed by atoms with Crippen LogP contribution >= 0.6 is 0 Å². The quantitative estimate of drug-likeness (QED) is 0.111. The Labute approximate surface area is 183 Å². The number of primary amides is 8. The molecule has 0 fully saturated rings. The number of nitrogens with zero attached hydrogens (tertiary/aromatic N) is 3. The van der Waals surface area contributed by atoms with Crippen LogP contribution in [0.25, 0.3) is 0 Å². The summed E-state index contributed by atoms with van der Waals surface area (Å²) in [6, 6.07) is -3.33. The smallest absolute Gasteiger partial charge is 0.356 e. The summed E-state index contributed by atoms with van der Waals surface area (Å²) in [5.74, 6) is 0. The van der Waals surface area contributed by atoms with Gasteiger partial charge in [0.05, 0.1) is 15.3 Å². The van der Waals surface area contributed by atoms with Gasteiger partial charge < -0.3 is 91.8 Å². The van der Waals surface area contributed by atoms with Crippen molar-refractivity contribution in [3.8, 4) is 0 Å². The van der Waals surface area contributed by atoms with E-state index in [4.69, 9.17) is 65.1 Å². The number of nitrogens with two attached hydrogens (primary N) is 8. The van der Waals surface area contributed by atoms with Crippen LogP contribution in [0, 0.1) is 46.0 Å². The van der Waals surface area contributed by atoms with Crippen molar-refractivity contribution >= 4 is 24.1 Å². The molecule has 0 aromatic rings. The Hall–Kier alpha value is -4.22. The fourth-order valence-corrected chi connectivity index (χ4v) is 0. The first-order valence-electron chi connectivity index (χ1n) is 4.77. The van der Waals surface area contributed by atoms with Crippen LogP contribution in [0.5, 0.6) is 0 Å². The summed E-state index contributed by atoms with van der Waals surface area (Å²) in [6.07, 6.45) is 0. The third kappa shape index (κ3) is 635. The Morgan fingerprint density at radius 1 is 0.414 bits per heavy atom. The normalized spacial score (nSPS) is 5.79. The first-order valence-corrected chi connectivity index (χ1v) is 4.77. The molecular weight excluding hydrogens is 499 g/mol. The van der Waals surface area contributed by atoms with Gasteiger partial charge in [-0.05, 0) is 0 Å². The first-order chi connectivity index (χ1) is 12.1. The number of urea groups is 4. The van der Waals surface area contributed by atoms with Crippen molar-refractivity contribution in [3.63, 3.8) is 0 Å². The first kappa shape index (κ1) is 49.8. The molecule has 0 aliphatic heterocycles. The van der Waals surface area contributed by atoms with E-state index in [-0.39, 0.29) is 32.7 Å². The third-order valence-electron chi connectivity index (χ3n) is 0. The maximum absolute atomic E-state index is 9.00. The SMILES string of the molecule is NC(N)=O.NC(N)=O.NC(N)=O.NC(N)=O.O=[N+]([O-])[O-].O=[N+]([O-])[O-].O=[N+]([O-])[O-].[Y+3]. The van der Waals surface area contributed by atoms with Gasteiger partial charge in [0.25, 0.3) is 0 Å².